The van der Waals surface area contributed by atoms with E-state index in [-0.39, 0.29) is 5.91 Å². The van der Waals surface area contributed by atoms with Crippen LogP contribution in [-0.2, 0) is 0 Å². The van der Waals surface area contributed by atoms with E-state index in [1.165, 1.54) is 17.4 Å². The van der Waals surface area contributed by atoms with E-state index in [4.69, 9.17) is 23.2 Å². The fourth-order valence-electron chi connectivity index (χ4n) is 1.73. The number of hydrogen-bond donors (Lipinski definition) is 1. The Morgan fingerprint density at radius 2 is 2.05 bits per heavy atom. The van der Waals surface area contributed by atoms with E-state index in [9.17, 15) is 4.79 Å². The fourth-order valence-corrected chi connectivity index (χ4v) is 4.36. The SMILES string of the molecule is O=C(Nc1nc(-c2ccc(Br)s2)cs1)c1ccc(Cl)cc1Cl. The summed E-state index contributed by atoms with van der Waals surface area (Å²) < 4.78 is 1.04. The number of amides is 1. The minimum absolute atomic E-state index is 0.309. The van der Waals surface area contributed by atoms with Crippen LogP contribution in [0.3, 0.4) is 0 Å². The van der Waals surface area contributed by atoms with Crippen molar-refractivity contribution < 1.29 is 4.79 Å². The highest BCUT2D eigenvalue weighted by Gasteiger charge is 2.14. The van der Waals surface area contributed by atoms with E-state index < -0.39 is 0 Å². The molecule has 22 heavy (non-hydrogen) atoms. The Balaban J connectivity index is 1.79. The largest absolute Gasteiger partial charge is 0.298 e. The average molecular weight is 434 g/mol. The second-order valence-electron chi connectivity index (χ2n) is 4.22. The van der Waals surface area contributed by atoms with Crippen molar-refractivity contribution in [1.82, 2.24) is 4.98 Å². The summed E-state index contributed by atoms with van der Waals surface area (Å²) in [6, 6.07) is 8.69. The number of benzene rings is 1. The van der Waals surface area contributed by atoms with Crippen LogP contribution in [-0.4, -0.2) is 10.9 Å². The molecular weight excluding hydrogens is 427 g/mol. The average Bonchev–Trinajstić information content (AvgIpc) is 3.07. The van der Waals surface area contributed by atoms with Crippen molar-refractivity contribution in [2.45, 2.75) is 0 Å². The van der Waals surface area contributed by atoms with Gasteiger partial charge in [-0.1, -0.05) is 23.2 Å². The van der Waals surface area contributed by atoms with E-state index >= 15 is 0 Å². The number of thiophene rings is 1. The first-order valence-electron chi connectivity index (χ1n) is 6.00. The number of thiazole rings is 1. The highest BCUT2D eigenvalue weighted by molar-refractivity contribution is 9.11. The van der Waals surface area contributed by atoms with Crippen molar-refractivity contribution in [3.63, 3.8) is 0 Å². The molecule has 0 bridgehead atoms. The summed E-state index contributed by atoms with van der Waals surface area (Å²) in [4.78, 5) is 17.7. The highest BCUT2D eigenvalue weighted by Crippen LogP contribution is 2.33. The zero-order chi connectivity index (χ0) is 15.7. The molecule has 112 valence electrons. The lowest BCUT2D eigenvalue weighted by Gasteiger charge is -2.04. The topological polar surface area (TPSA) is 42.0 Å². The van der Waals surface area contributed by atoms with Gasteiger partial charge in [0.25, 0.3) is 5.91 Å². The smallest absolute Gasteiger partial charge is 0.258 e. The van der Waals surface area contributed by atoms with Crippen LogP contribution in [0.5, 0.6) is 0 Å². The Bertz CT molecular complexity index is 847. The van der Waals surface area contributed by atoms with E-state index in [1.54, 1.807) is 23.5 Å². The number of carbonyl (C=O) groups excluding carboxylic acids is 1. The minimum atomic E-state index is -0.310. The van der Waals surface area contributed by atoms with Crippen molar-refractivity contribution in [3.05, 3.63) is 55.1 Å². The zero-order valence-corrected chi connectivity index (χ0v) is 15.5. The fraction of sp³-hybridized carbons (Fsp3) is 0. The number of halogens is 3. The van der Waals surface area contributed by atoms with Gasteiger partial charge in [-0.3, -0.25) is 10.1 Å². The number of nitrogens with one attached hydrogen (secondary N) is 1. The van der Waals surface area contributed by atoms with Crippen molar-refractivity contribution in [1.29, 1.82) is 0 Å². The summed E-state index contributed by atoms with van der Waals surface area (Å²) in [6.45, 7) is 0. The van der Waals surface area contributed by atoms with Crippen LogP contribution in [0.15, 0.2) is 39.5 Å². The van der Waals surface area contributed by atoms with Crippen molar-refractivity contribution in [3.8, 4) is 10.6 Å². The third kappa shape index (κ3) is 3.52. The lowest BCUT2D eigenvalue weighted by molar-refractivity contribution is 0.102. The Labute approximate surface area is 153 Å². The molecule has 0 aliphatic rings. The predicted octanol–water partition coefficient (Wildman–Crippen LogP) is 6.19. The molecule has 3 nitrogen and oxygen atoms in total. The summed E-state index contributed by atoms with van der Waals surface area (Å²) in [5, 5.41) is 5.97. The van der Waals surface area contributed by atoms with E-state index in [0.717, 1.165) is 14.4 Å². The molecule has 0 fully saturated rings. The monoisotopic (exact) mass is 432 g/mol. The van der Waals surface area contributed by atoms with Gasteiger partial charge < -0.3 is 0 Å². The summed E-state index contributed by atoms with van der Waals surface area (Å²) in [5.41, 5.74) is 1.19. The summed E-state index contributed by atoms with van der Waals surface area (Å²) in [5.74, 6) is -0.310. The van der Waals surface area contributed by atoms with Gasteiger partial charge in [-0.25, -0.2) is 4.98 Å². The maximum absolute atomic E-state index is 12.2. The Morgan fingerprint density at radius 1 is 1.23 bits per heavy atom. The predicted molar refractivity (Wildman–Crippen MR) is 97.5 cm³/mol. The van der Waals surface area contributed by atoms with Crippen molar-refractivity contribution in [2.75, 3.05) is 5.32 Å². The third-order valence-electron chi connectivity index (χ3n) is 2.73. The standard InChI is InChI=1S/C14H7BrCl2N2OS2/c15-12-4-3-11(22-12)10-6-21-14(18-10)19-13(20)8-2-1-7(16)5-9(8)17/h1-6H,(H,18,19,20). The van der Waals surface area contributed by atoms with Gasteiger partial charge in [0.2, 0.25) is 0 Å². The lowest BCUT2D eigenvalue weighted by Crippen LogP contribution is -2.12. The van der Waals surface area contributed by atoms with Crippen LogP contribution < -0.4 is 5.32 Å². The molecule has 0 aliphatic heterocycles. The molecule has 3 aromatic rings. The van der Waals surface area contributed by atoms with Gasteiger partial charge in [-0.15, -0.1) is 22.7 Å². The number of anilines is 1. The van der Waals surface area contributed by atoms with Gasteiger partial charge in [0.15, 0.2) is 5.13 Å². The van der Waals surface area contributed by atoms with Crippen molar-refractivity contribution in [2.24, 2.45) is 0 Å². The number of carbonyl (C=O) groups is 1. The molecule has 0 saturated heterocycles. The lowest BCUT2D eigenvalue weighted by atomic mass is 10.2. The maximum atomic E-state index is 12.2. The van der Waals surface area contributed by atoms with Gasteiger partial charge in [0.1, 0.15) is 0 Å². The minimum Gasteiger partial charge on any atom is -0.298 e. The molecule has 1 amide bonds. The normalized spacial score (nSPS) is 10.7. The van der Waals surface area contributed by atoms with E-state index in [2.05, 4.69) is 26.2 Å². The molecule has 0 saturated carbocycles. The number of rotatable bonds is 3. The Hall–Kier alpha value is -0.920. The van der Waals surface area contributed by atoms with Crippen LogP contribution in [0.2, 0.25) is 10.0 Å². The molecule has 8 heteroatoms. The second-order valence-corrected chi connectivity index (χ2v) is 8.38. The molecule has 0 atom stereocenters. The van der Waals surface area contributed by atoms with Gasteiger partial charge in [0, 0.05) is 10.4 Å². The summed E-state index contributed by atoms with van der Waals surface area (Å²) in [7, 11) is 0. The first-order valence-corrected chi connectivity index (χ1v) is 9.25. The first-order chi connectivity index (χ1) is 10.5. The molecule has 0 unspecified atom stereocenters. The molecular formula is C14H7BrCl2N2OS2. The molecule has 1 N–H and O–H groups in total. The van der Waals surface area contributed by atoms with Crippen LogP contribution in [0.25, 0.3) is 10.6 Å². The van der Waals surface area contributed by atoms with E-state index in [0.29, 0.717) is 20.7 Å². The highest BCUT2D eigenvalue weighted by atomic mass is 79.9. The molecule has 0 aliphatic carbocycles. The van der Waals surface area contributed by atoms with Crippen LogP contribution in [0.1, 0.15) is 10.4 Å². The summed E-state index contributed by atoms with van der Waals surface area (Å²) in [6.07, 6.45) is 0. The number of aromatic nitrogens is 1. The number of hydrogen-bond acceptors (Lipinski definition) is 4. The van der Waals surface area contributed by atoms with E-state index in [1.807, 2.05) is 17.5 Å². The molecule has 1 aromatic carbocycles. The first kappa shape index (κ1) is 16.0. The number of nitrogens with zero attached hydrogens (tertiary/aromatic N) is 1. The quantitative estimate of drug-likeness (QED) is 0.534. The zero-order valence-electron chi connectivity index (χ0n) is 10.8. The maximum Gasteiger partial charge on any atom is 0.258 e. The Morgan fingerprint density at radius 3 is 2.73 bits per heavy atom. The third-order valence-corrected chi connectivity index (χ3v) is 5.68. The molecule has 0 spiro atoms. The molecule has 3 rings (SSSR count). The Kier molecular flexibility index (Phi) is 4.84. The molecule has 0 radical (unpaired) electrons. The summed E-state index contributed by atoms with van der Waals surface area (Å²) >= 11 is 18.2. The van der Waals surface area contributed by atoms with Crippen LogP contribution in [0.4, 0.5) is 5.13 Å². The van der Waals surface area contributed by atoms with Crippen LogP contribution in [0, 0.1) is 0 Å². The van der Waals surface area contributed by atoms with Crippen molar-refractivity contribution >= 4 is 72.8 Å². The van der Waals surface area contributed by atoms with Gasteiger partial charge in [-0.2, -0.15) is 0 Å². The van der Waals surface area contributed by atoms with Gasteiger partial charge in [0.05, 0.1) is 24.9 Å². The molecule has 2 heterocycles. The van der Waals surface area contributed by atoms with Crippen LogP contribution >= 0.6 is 61.8 Å². The second kappa shape index (κ2) is 6.68. The molecule has 2 aromatic heterocycles. The van der Waals surface area contributed by atoms with Gasteiger partial charge >= 0.3 is 0 Å². The van der Waals surface area contributed by atoms with Gasteiger partial charge in [-0.05, 0) is 46.3 Å².